The Kier molecular flexibility index (Phi) is 4.08. The molecule has 1 heterocycles. The second-order valence-corrected chi connectivity index (χ2v) is 6.82. The molecule has 4 rings (SSSR count). The van der Waals surface area contributed by atoms with Crippen LogP contribution >= 0.6 is 0 Å². The summed E-state index contributed by atoms with van der Waals surface area (Å²) in [6.07, 6.45) is 2.04. The molecule has 1 aliphatic carbocycles. The predicted octanol–water partition coefficient (Wildman–Crippen LogP) is 2.56. The highest BCUT2D eigenvalue weighted by Crippen LogP contribution is 2.32. The number of amides is 1. The fourth-order valence-corrected chi connectivity index (χ4v) is 3.91. The zero-order valence-electron chi connectivity index (χ0n) is 13.9. The molecule has 0 bridgehead atoms. The standard InChI is InChI=1S/C20H23N3O/c1-13-5-4-7-15(11-13)19-17(12-21-23-19)20(24)22-18-10-9-14-6-2-3-8-16(14)18/h2-8,11,17-19,21,23H,9-10,12H2,1H3,(H,22,24). The van der Waals surface area contributed by atoms with E-state index in [1.165, 1.54) is 16.7 Å². The third-order valence-electron chi connectivity index (χ3n) is 5.17. The van der Waals surface area contributed by atoms with Crippen LogP contribution in [0.2, 0.25) is 0 Å². The third-order valence-corrected chi connectivity index (χ3v) is 5.17. The smallest absolute Gasteiger partial charge is 0.226 e. The lowest BCUT2D eigenvalue weighted by Gasteiger charge is -2.21. The molecule has 4 nitrogen and oxygen atoms in total. The molecule has 1 aliphatic heterocycles. The molecule has 1 saturated heterocycles. The maximum absolute atomic E-state index is 12.9. The minimum absolute atomic E-state index is 0.0153. The molecule has 24 heavy (non-hydrogen) atoms. The van der Waals surface area contributed by atoms with Crippen molar-refractivity contribution in [2.24, 2.45) is 5.92 Å². The highest BCUT2D eigenvalue weighted by atomic mass is 16.2. The van der Waals surface area contributed by atoms with E-state index >= 15 is 0 Å². The van der Waals surface area contributed by atoms with Crippen molar-refractivity contribution in [1.29, 1.82) is 0 Å². The molecular weight excluding hydrogens is 298 g/mol. The van der Waals surface area contributed by atoms with Crippen molar-refractivity contribution in [1.82, 2.24) is 16.2 Å². The van der Waals surface area contributed by atoms with Crippen LogP contribution in [0.3, 0.4) is 0 Å². The Morgan fingerprint density at radius 2 is 2.04 bits per heavy atom. The first-order valence-corrected chi connectivity index (χ1v) is 8.65. The van der Waals surface area contributed by atoms with Gasteiger partial charge in [-0.3, -0.25) is 10.2 Å². The molecule has 3 atom stereocenters. The number of rotatable bonds is 3. The van der Waals surface area contributed by atoms with Crippen molar-refractivity contribution < 1.29 is 4.79 Å². The van der Waals surface area contributed by atoms with Crippen LogP contribution in [0, 0.1) is 12.8 Å². The summed E-state index contributed by atoms with van der Waals surface area (Å²) in [6.45, 7) is 2.73. The summed E-state index contributed by atoms with van der Waals surface area (Å²) in [7, 11) is 0. The number of benzene rings is 2. The van der Waals surface area contributed by atoms with Crippen molar-refractivity contribution >= 4 is 5.91 Å². The van der Waals surface area contributed by atoms with Crippen LogP contribution in [0.5, 0.6) is 0 Å². The first-order chi connectivity index (χ1) is 11.7. The zero-order chi connectivity index (χ0) is 16.5. The monoisotopic (exact) mass is 321 g/mol. The van der Waals surface area contributed by atoms with Gasteiger partial charge in [-0.15, -0.1) is 0 Å². The fourth-order valence-electron chi connectivity index (χ4n) is 3.91. The van der Waals surface area contributed by atoms with Gasteiger partial charge in [0.15, 0.2) is 0 Å². The van der Waals surface area contributed by atoms with E-state index in [2.05, 4.69) is 65.6 Å². The lowest BCUT2D eigenvalue weighted by molar-refractivity contribution is -0.125. The number of hydrogen-bond donors (Lipinski definition) is 3. The molecule has 0 saturated carbocycles. The number of aryl methyl sites for hydroxylation is 2. The van der Waals surface area contributed by atoms with E-state index in [1.54, 1.807) is 0 Å². The molecule has 2 aliphatic rings. The van der Waals surface area contributed by atoms with Gasteiger partial charge < -0.3 is 5.32 Å². The summed E-state index contributed by atoms with van der Waals surface area (Å²) in [6, 6.07) is 16.9. The summed E-state index contributed by atoms with van der Waals surface area (Å²) in [4.78, 5) is 12.9. The minimum Gasteiger partial charge on any atom is -0.349 e. The summed E-state index contributed by atoms with van der Waals surface area (Å²) in [5.74, 6) is 0.0280. The minimum atomic E-state index is -0.0976. The highest BCUT2D eigenvalue weighted by Gasteiger charge is 2.35. The second-order valence-electron chi connectivity index (χ2n) is 6.82. The van der Waals surface area contributed by atoms with Crippen molar-refractivity contribution in [3.8, 4) is 0 Å². The van der Waals surface area contributed by atoms with E-state index in [4.69, 9.17) is 0 Å². The number of hydrogen-bond acceptors (Lipinski definition) is 3. The Hall–Kier alpha value is -2.17. The number of carbonyl (C=O) groups is 1. The van der Waals surface area contributed by atoms with Gasteiger partial charge in [0.05, 0.1) is 18.0 Å². The molecule has 0 aromatic heterocycles. The predicted molar refractivity (Wildman–Crippen MR) is 94.2 cm³/mol. The van der Waals surface area contributed by atoms with E-state index < -0.39 is 0 Å². The Bertz CT molecular complexity index is 758. The van der Waals surface area contributed by atoms with E-state index in [-0.39, 0.29) is 23.9 Å². The van der Waals surface area contributed by atoms with Gasteiger partial charge in [-0.2, -0.15) is 0 Å². The van der Waals surface area contributed by atoms with Crippen LogP contribution in [0.1, 0.15) is 40.8 Å². The van der Waals surface area contributed by atoms with Crippen LogP contribution in [0.15, 0.2) is 48.5 Å². The molecule has 0 radical (unpaired) electrons. The topological polar surface area (TPSA) is 53.2 Å². The SMILES string of the molecule is Cc1cccc(C2NNCC2C(=O)NC2CCc3ccccc32)c1. The van der Waals surface area contributed by atoms with Crippen LogP contribution < -0.4 is 16.2 Å². The van der Waals surface area contributed by atoms with E-state index in [1.807, 2.05) is 6.07 Å². The quantitative estimate of drug-likeness (QED) is 0.814. The molecule has 0 spiro atoms. The number of nitrogens with one attached hydrogen (secondary N) is 3. The van der Waals surface area contributed by atoms with Gasteiger partial charge in [-0.25, -0.2) is 5.43 Å². The van der Waals surface area contributed by atoms with Crippen molar-refractivity contribution in [2.45, 2.75) is 31.8 Å². The second kappa shape index (κ2) is 6.38. The van der Waals surface area contributed by atoms with Gasteiger partial charge >= 0.3 is 0 Å². The largest absolute Gasteiger partial charge is 0.349 e. The fraction of sp³-hybridized carbons (Fsp3) is 0.350. The number of fused-ring (bicyclic) bond motifs is 1. The lowest BCUT2D eigenvalue weighted by atomic mass is 9.93. The van der Waals surface area contributed by atoms with E-state index in [0.717, 1.165) is 18.4 Å². The molecule has 2 aromatic carbocycles. The van der Waals surface area contributed by atoms with Crippen molar-refractivity contribution in [2.75, 3.05) is 6.54 Å². The van der Waals surface area contributed by atoms with E-state index in [0.29, 0.717) is 6.54 Å². The zero-order valence-corrected chi connectivity index (χ0v) is 13.9. The van der Waals surface area contributed by atoms with Crippen LogP contribution in [0.4, 0.5) is 0 Å². The molecule has 2 aromatic rings. The first kappa shape index (κ1) is 15.4. The maximum atomic E-state index is 12.9. The Morgan fingerprint density at radius 3 is 2.92 bits per heavy atom. The molecule has 1 fully saturated rings. The van der Waals surface area contributed by atoms with Gasteiger partial charge in [0.2, 0.25) is 5.91 Å². The summed E-state index contributed by atoms with van der Waals surface area (Å²) in [5, 5.41) is 3.27. The molecular formula is C20H23N3O. The van der Waals surface area contributed by atoms with Crippen LogP contribution in [-0.2, 0) is 11.2 Å². The Morgan fingerprint density at radius 1 is 1.17 bits per heavy atom. The average Bonchev–Trinajstić information content (AvgIpc) is 3.22. The van der Waals surface area contributed by atoms with E-state index in [9.17, 15) is 4.79 Å². The number of hydrazine groups is 1. The maximum Gasteiger partial charge on any atom is 0.226 e. The van der Waals surface area contributed by atoms with Crippen LogP contribution in [-0.4, -0.2) is 12.5 Å². The summed E-state index contributed by atoms with van der Waals surface area (Å²) < 4.78 is 0. The average molecular weight is 321 g/mol. The lowest BCUT2D eigenvalue weighted by Crippen LogP contribution is -2.36. The molecule has 124 valence electrons. The van der Waals surface area contributed by atoms with Gasteiger partial charge in [-0.1, -0.05) is 54.1 Å². The van der Waals surface area contributed by atoms with Gasteiger partial charge in [0, 0.05) is 6.54 Å². The molecule has 4 heteroatoms. The molecule has 3 N–H and O–H groups in total. The normalized spacial score (nSPS) is 25.5. The van der Waals surface area contributed by atoms with Crippen LogP contribution in [0.25, 0.3) is 0 Å². The van der Waals surface area contributed by atoms with Crippen molar-refractivity contribution in [3.05, 3.63) is 70.8 Å². The Labute approximate surface area is 142 Å². The summed E-state index contributed by atoms with van der Waals surface area (Å²) >= 11 is 0. The molecule has 3 unspecified atom stereocenters. The Balaban J connectivity index is 1.50. The van der Waals surface area contributed by atoms with Gasteiger partial charge in [0.25, 0.3) is 0 Å². The van der Waals surface area contributed by atoms with Gasteiger partial charge in [0.1, 0.15) is 0 Å². The van der Waals surface area contributed by atoms with Crippen molar-refractivity contribution in [3.63, 3.8) is 0 Å². The highest BCUT2D eigenvalue weighted by molar-refractivity contribution is 5.81. The third kappa shape index (κ3) is 2.83. The van der Waals surface area contributed by atoms with Gasteiger partial charge in [-0.05, 0) is 36.5 Å². The molecule has 1 amide bonds. The first-order valence-electron chi connectivity index (χ1n) is 8.65. The number of carbonyl (C=O) groups excluding carboxylic acids is 1. The summed E-state index contributed by atoms with van der Waals surface area (Å²) in [5.41, 5.74) is 11.4.